The van der Waals surface area contributed by atoms with Gasteiger partial charge >= 0.3 is 0 Å². The Labute approximate surface area is 183 Å². The molecule has 4 heteroatoms. The SMILES string of the molecule is C[C@@H](O)[C@@H](OCc1ccccc1)[C@H](/C=C/Sc1ccccc1)OCc1ccccc1. The molecule has 3 rings (SSSR count). The molecule has 0 radical (unpaired) electrons. The van der Waals surface area contributed by atoms with Gasteiger partial charge in [-0.2, -0.15) is 0 Å². The van der Waals surface area contributed by atoms with Crippen LogP contribution in [0.1, 0.15) is 18.1 Å². The maximum atomic E-state index is 10.4. The number of hydrogen-bond donors (Lipinski definition) is 1. The summed E-state index contributed by atoms with van der Waals surface area (Å²) in [4.78, 5) is 1.15. The number of aliphatic hydroxyl groups is 1. The lowest BCUT2D eigenvalue weighted by molar-refractivity contribution is -0.111. The average molecular weight is 421 g/mol. The zero-order valence-electron chi connectivity index (χ0n) is 17.1. The highest BCUT2D eigenvalue weighted by Gasteiger charge is 2.26. The van der Waals surface area contributed by atoms with Crippen molar-refractivity contribution in [2.24, 2.45) is 0 Å². The molecule has 30 heavy (non-hydrogen) atoms. The van der Waals surface area contributed by atoms with Crippen LogP contribution < -0.4 is 0 Å². The molecule has 0 saturated carbocycles. The largest absolute Gasteiger partial charge is 0.391 e. The second-order valence-electron chi connectivity index (χ2n) is 7.02. The van der Waals surface area contributed by atoms with E-state index in [1.807, 2.05) is 90.3 Å². The summed E-state index contributed by atoms with van der Waals surface area (Å²) >= 11 is 1.62. The van der Waals surface area contributed by atoms with E-state index in [4.69, 9.17) is 9.47 Å². The third-order valence-corrected chi connectivity index (χ3v) is 5.42. The third kappa shape index (κ3) is 7.47. The number of thioether (sulfide) groups is 1. The Bertz CT molecular complexity index is 867. The summed E-state index contributed by atoms with van der Waals surface area (Å²) in [6.45, 7) is 2.61. The van der Waals surface area contributed by atoms with Gasteiger partial charge in [0, 0.05) is 4.90 Å². The molecule has 3 atom stereocenters. The number of ether oxygens (including phenoxy) is 2. The van der Waals surface area contributed by atoms with E-state index in [1.54, 1.807) is 18.7 Å². The Balaban J connectivity index is 1.70. The summed E-state index contributed by atoms with van der Waals surface area (Å²) in [5.41, 5.74) is 2.15. The summed E-state index contributed by atoms with van der Waals surface area (Å²) < 4.78 is 12.3. The van der Waals surface area contributed by atoms with Crippen molar-refractivity contribution in [1.29, 1.82) is 0 Å². The zero-order chi connectivity index (χ0) is 21.0. The maximum Gasteiger partial charge on any atom is 0.113 e. The molecular weight excluding hydrogens is 392 g/mol. The second kappa shape index (κ2) is 12.4. The van der Waals surface area contributed by atoms with Crippen LogP contribution in [0.2, 0.25) is 0 Å². The summed E-state index contributed by atoms with van der Waals surface area (Å²) in [6.07, 6.45) is 0.427. The van der Waals surface area contributed by atoms with E-state index in [0.29, 0.717) is 13.2 Å². The van der Waals surface area contributed by atoms with Crippen LogP contribution in [0, 0.1) is 0 Å². The van der Waals surface area contributed by atoms with E-state index in [9.17, 15) is 5.11 Å². The minimum absolute atomic E-state index is 0.384. The van der Waals surface area contributed by atoms with Crippen molar-refractivity contribution < 1.29 is 14.6 Å². The van der Waals surface area contributed by atoms with Gasteiger partial charge in [0.15, 0.2) is 0 Å². The van der Waals surface area contributed by atoms with E-state index >= 15 is 0 Å². The lowest BCUT2D eigenvalue weighted by atomic mass is 10.1. The van der Waals surface area contributed by atoms with E-state index < -0.39 is 12.2 Å². The Morgan fingerprint density at radius 3 is 1.80 bits per heavy atom. The molecule has 3 aromatic rings. The molecule has 0 aliphatic rings. The molecular formula is C26H28O3S. The molecule has 0 aromatic heterocycles. The molecule has 3 aromatic carbocycles. The predicted molar refractivity (Wildman–Crippen MR) is 123 cm³/mol. The summed E-state index contributed by atoms with van der Waals surface area (Å²) in [7, 11) is 0. The fourth-order valence-corrected chi connectivity index (χ4v) is 3.70. The summed E-state index contributed by atoms with van der Waals surface area (Å²) in [6, 6.07) is 30.2. The standard InChI is InChI=1S/C26H28O3S/c1-21(27)26(29-20-23-13-7-3-8-14-23)25(28-19-22-11-5-2-6-12-22)17-18-30-24-15-9-4-10-16-24/h2-18,21,25-27H,19-20H2,1H3/b18-17+/t21-,25+,26-/m1/s1. The smallest absolute Gasteiger partial charge is 0.113 e. The molecule has 3 nitrogen and oxygen atoms in total. The van der Waals surface area contributed by atoms with Crippen molar-refractivity contribution in [2.75, 3.05) is 0 Å². The molecule has 0 saturated heterocycles. The number of aliphatic hydroxyl groups excluding tert-OH is 1. The van der Waals surface area contributed by atoms with Crippen molar-refractivity contribution in [3.63, 3.8) is 0 Å². The van der Waals surface area contributed by atoms with Crippen LogP contribution in [0.5, 0.6) is 0 Å². The van der Waals surface area contributed by atoms with Crippen LogP contribution in [0.25, 0.3) is 0 Å². The number of rotatable bonds is 11. The Hall–Kier alpha value is -2.37. The van der Waals surface area contributed by atoms with Crippen LogP contribution >= 0.6 is 11.8 Å². The van der Waals surface area contributed by atoms with Gasteiger partial charge in [0.2, 0.25) is 0 Å². The quantitative estimate of drug-likeness (QED) is 0.395. The van der Waals surface area contributed by atoms with Gasteiger partial charge in [-0.15, -0.1) is 0 Å². The van der Waals surface area contributed by atoms with Crippen LogP contribution in [-0.4, -0.2) is 23.4 Å². The maximum absolute atomic E-state index is 10.4. The highest BCUT2D eigenvalue weighted by Crippen LogP contribution is 2.21. The van der Waals surface area contributed by atoms with Gasteiger partial charge in [0.25, 0.3) is 0 Å². The number of hydrogen-bond acceptors (Lipinski definition) is 4. The molecule has 0 bridgehead atoms. The topological polar surface area (TPSA) is 38.7 Å². The van der Waals surface area contributed by atoms with Gasteiger partial charge in [-0.25, -0.2) is 0 Å². The molecule has 1 N–H and O–H groups in total. The van der Waals surface area contributed by atoms with E-state index in [1.165, 1.54) is 0 Å². The van der Waals surface area contributed by atoms with Gasteiger partial charge in [-0.3, -0.25) is 0 Å². The fourth-order valence-electron chi connectivity index (χ4n) is 3.00. The average Bonchev–Trinajstić information content (AvgIpc) is 2.79. The first-order chi connectivity index (χ1) is 14.7. The van der Waals surface area contributed by atoms with Crippen LogP contribution in [-0.2, 0) is 22.7 Å². The van der Waals surface area contributed by atoms with Gasteiger partial charge < -0.3 is 14.6 Å². The van der Waals surface area contributed by atoms with Crippen LogP contribution in [0.15, 0.2) is 107 Å². The minimum Gasteiger partial charge on any atom is -0.391 e. The first kappa shape index (κ1) is 22.3. The van der Waals surface area contributed by atoms with Crippen molar-refractivity contribution in [1.82, 2.24) is 0 Å². The molecule has 0 unspecified atom stereocenters. The van der Waals surface area contributed by atoms with Crippen LogP contribution in [0.3, 0.4) is 0 Å². The normalized spacial score (nSPS) is 14.5. The molecule has 0 spiro atoms. The lowest BCUT2D eigenvalue weighted by Crippen LogP contribution is -2.38. The summed E-state index contributed by atoms with van der Waals surface area (Å²) in [5.74, 6) is 0. The van der Waals surface area contributed by atoms with Crippen molar-refractivity contribution >= 4 is 11.8 Å². The first-order valence-corrected chi connectivity index (χ1v) is 11.0. The molecule has 156 valence electrons. The van der Waals surface area contributed by atoms with E-state index in [0.717, 1.165) is 16.0 Å². The Morgan fingerprint density at radius 2 is 1.27 bits per heavy atom. The van der Waals surface area contributed by atoms with Crippen LogP contribution in [0.4, 0.5) is 0 Å². The predicted octanol–water partition coefficient (Wildman–Crippen LogP) is 5.84. The van der Waals surface area contributed by atoms with E-state index in [-0.39, 0.29) is 6.10 Å². The highest BCUT2D eigenvalue weighted by molar-refractivity contribution is 8.02. The zero-order valence-corrected chi connectivity index (χ0v) is 17.9. The molecule has 0 fully saturated rings. The first-order valence-electron chi connectivity index (χ1n) is 10.1. The van der Waals surface area contributed by atoms with Crippen molar-refractivity contribution in [2.45, 2.75) is 43.3 Å². The lowest BCUT2D eigenvalue weighted by Gasteiger charge is -2.28. The summed E-state index contributed by atoms with van der Waals surface area (Å²) in [5, 5.41) is 12.4. The van der Waals surface area contributed by atoms with Gasteiger partial charge in [0.1, 0.15) is 12.2 Å². The monoisotopic (exact) mass is 420 g/mol. The van der Waals surface area contributed by atoms with Gasteiger partial charge in [-0.1, -0.05) is 90.6 Å². The number of benzene rings is 3. The fraction of sp³-hybridized carbons (Fsp3) is 0.231. The second-order valence-corrected chi connectivity index (χ2v) is 8.00. The minimum atomic E-state index is -0.680. The van der Waals surface area contributed by atoms with Gasteiger partial charge in [0.05, 0.1) is 19.3 Å². The highest BCUT2D eigenvalue weighted by atomic mass is 32.2. The van der Waals surface area contributed by atoms with Crippen molar-refractivity contribution in [3.05, 3.63) is 114 Å². The Morgan fingerprint density at radius 1 is 0.767 bits per heavy atom. The van der Waals surface area contributed by atoms with E-state index in [2.05, 4.69) is 12.1 Å². The third-order valence-electron chi connectivity index (χ3n) is 4.59. The molecule has 0 heterocycles. The Kier molecular flexibility index (Phi) is 9.19. The molecule has 0 aliphatic carbocycles. The van der Waals surface area contributed by atoms with Gasteiger partial charge in [-0.05, 0) is 41.7 Å². The molecule has 0 amide bonds. The van der Waals surface area contributed by atoms with Crippen molar-refractivity contribution in [3.8, 4) is 0 Å². The molecule has 0 aliphatic heterocycles.